The number of nitrogens with two attached hydrogens (primary N) is 1. The van der Waals surface area contributed by atoms with Gasteiger partial charge in [-0.05, 0) is 6.42 Å². The van der Waals surface area contributed by atoms with Gasteiger partial charge in [-0.1, -0.05) is 13.8 Å². The van der Waals surface area contributed by atoms with Crippen molar-refractivity contribution in [2.24, 2.45) is 5.73 Å². The predicted molar refractivity (Wildman–Crippen MR) is 61.8 cm³/mol. The van der Waals surface area contributed by atoms with E-state index in [2.05, 4.69) is 10.3 Å². The van der Waals surface area contributed by atoms with E-state index in [0.29, 0.717) is 13.0 Å². The van der Waals surface area contributed by atoms with Crippen molar-refractivity contribution in [2.75, 3.05) is 6.54 Å². The minimum Gasteiger partial charge on any atom is -0.354 e. The smallest absolute Gasteiger partial charge is 0.236 e. The molecule has 1 amide bonds. The maximum Gasteiger partial charge on any atom is 0.236 e. The Labute approximate surface area is 93.9 Å². The van der Waals surface area contributed by atoms with E-state index in [1.165, 1.54) is 0 Å². The molecule has 0 saturated carbocycles. The van der Waals surface area contributed by atoms with Gasteiger partial charge in [0, 0.05) is 24.0 Å². The SMILES string of the molecule is CC[C@H](N)C(=O)NCC(C)c1nccs1. The van der Waals surface area contributed by atoms with Crippen LogP contribution in [0.1, 0.15) is 31.2 Å². The minimum absolute atomic E-state index is 0.0825. The van der Waals surface area contributed by atoms with Crippen LogP contribution in [0.5, 0.6) is 0 Å². The Morgan fingerprint density at radius 3 is 3.00 bits per heavy atom. The van der Waals surface area contributed by atoms with Crippen LogP contribution in [0.25, 0.3) is 0 Å². The van der Waals surface area contributed by atoms with E-state index < -0.39 is 6.04 Å². The van der Waals surface area contributed by atoms with Crippen LogP contribution in [0.3, 0.4) is 0 Å². The molecule has 0 aliphatic heterocycles. The first-order chi connectivity index (χ1) is 7.15. The number of rotatable bonds is 5. The van der Waals surface area contributed by atoms with Crippen LogP contribution in [0.15, 0.2) is 11.6 Å². The van der Waals surface area contributed by atoms with E-state index in [9.17, 15) is 4.79 Å². The molecule has 0 bridgehead atoms. The van der Waals surface area contributed by atoms with Crippen molar-refractivity contribution in [3.63, 3.8) is 0 Å². The lowest BCUT2D eigenvalue weighted by Gasteiger charge is -2.13. The van der Waals surface area contributed by atoms with Crippen molar-refractivity contribution in [3.8, 4) is 0 Å². The first kappa shape index (κ1) is 12.1. The summed E-state index contributed by atoms with van der Waals surface area (Å²) in [6.07, 6.45) is 2.44. The second-order valence-corrected chi connectivity index (χ2v) is 4.46. The Balaban J connectivity index is 2.34. The second-order valence-electron chi connectivity index (χ2n) is 3.53. The topological polar surface area (TPSA) is 68.0 Å². The highest BCUT2D eigenvalue weighted by Crippen LogP contribution is 2.16. The first-order valence-corrected chi connectivity index (χ1v) is 5.95. The largest absolute Gasteiger partial charge is 0.354 e. The van der Waals surface area contributed by atoms with Crippen LogP contribution in [0.4, 0.5) is 0 Å². The Morgan fingerprint density at radius 2 is 2.47 bits per heavy atom. The normalized spacial score (nSPS) is 14.6. The summed E-state index contributed by atoms with van der Waals surface area (Å²) in [6.45, 7) is 4.53. The van der Waals surface area contributed by atoms with Crippen LogP contribution in [0.2, 0.25) is 0 Å². The summed E-state index contributed by atoms with van der Waals surface area (Å²) in [5.41, 5.74) is 5.60. The van der Waals surface area contributed by atoms with Gasteiger partial charge in [0.2, 0.25) is 5.91 Å². The fourth-order valence-electron chi connectivity index (χ4n) is 1.14. The lowest BCUT2D eigenvalue weighted by molar-refractivity contribution is -0.122. The van der Waals surface area contributed by atoms with Crippen LogP contribution in [-0.4, -0.2) is 23.5 Å². The lowest BCUT2D eigenvalue weighted by Crippen LogP contribution is -2.41. The second kappa shape index (κ2) is 5.82. The molecule has 0 aromatic carbocycles. The minimum atomic E-state index is -0.395. The zero-order valence-corrected chi connectivity index (χ0v) is 9.88. The van der Waals surface area contributed by atoms with E-state index >= 15 is 0 Å². The molecule has 1 heterocycles. The summed E-state index contributed by atoms with van der Waals surface area (Å²) in [5, 5.41) is 5.80. The summed E-state index contributed by atoms with van der Waals surface area (Å²) in [6, 6.07) is -0.395. The fourth-order valence-corrected chi connectivity index (χ4v) is 1.83. The van der Waals surface area contributed by atoms with Gasteiger partial charge in [-0.25, -0.2) is 4.98 Å². The van der Waals surface area contributed by atoms with E-state index in [1.807, 2.05) is 19.2 Å². The van der Waals surface area contributed by atoms with Crippen LogP contribution >= 0.6 is 11.3 Å². The molecule has 1 aromatic rings. The molecule has 0 saturated heterocycles. The predicted octanol–water partition coefficient (Wildman–Crippen LogP) is 1.10. The number of nitrogens with zero attached hydrogens (tertiary/aromatic N) is 1. The standard InChI is InChI=1S/C10H17N3OS/c1-3-8(11)9(14)13-6-7(2)10-12-4-5-15-10/h4-5,7-8H,3,6,11H2,1-2H3,(H,13,14)/t7?,8-/m0/s1. The molecule has 4 nitrogen and oxygen atoms in total. The molecular weight excluding hydrogens is 210 g/mol. The molecule has 1 rings (SSSR count). The molecule has 84 valence electrons. The molecule has 0 fully saturated rings. The molecule has 2 atom stereocenters. The maximum atomic E-state index is 11.4. The average molecular weight is 227 g/mol. The molecular formula is C10H17N3OS. The lowest BCUT2D eigenvalue weighted by atomic mass is 10.2. The molecule has 1 aromatic heterocycles. The fraction of sp³-hybridized carbons (Fsp3) is 0.600. The summed E-state index contributed by atoms with van der Waals surface area (Å²) < 4.78 is 0. The molecule has 1 unspecified atom stereocenters. The van der Waals surface area contributed by atoms with Gasteiger partial charge in [-0.15, -0.1) is 11.3 Å². The van der Waals surface area contributed by atoms with Crippen molar-refractivity contribution in [3.05, 3.63) is 16.6 Å². The number of thiazole rings is 1. The van der Waals surface area contributed by atoms with Gasteiger partial charge < -0.3 is 11.1 Å². The van der Waals surface area contributed by atoms with Gasteiger partial charge in [0.1, 0.15) is 0 Å². The highest BCUT2D eigenvalue weighted by Gasteiger charge is 2.13. The summed E-state index contributed by atoms with van der Waals surface area (Å²) in [4.78, 5) is 15.6. The van der Waals surface area contributed by atoms with Gasteiger partial charge >= 0.3 is 0 Å². The molecule has 5 heteroatoms. The van der Waals surface area contributed by atoms with Gasteiger partial charge in [0.05, 0.1) is 11.0 Å². The summed E-state index contributed by atoms with van der Waals surface area (Å²) in [7, 11) is 0. The summed E-state index contributed by atoms with van der Waals surface area (Å²) >= 11 is 1.60. The monoisotopic (exact) mass is 227 g/mol. The number of hydrogen-bond donors (Lipinski definition) is 2. The molecule has 0 aliphatic carbocycles. The summed E-state index contributed by atoms with van der Waals surface area (Å²) in [5.74, 6) is 0.166. The first-order valence-electron chi connectivity index (χ1n) is 5.07. The average Bonchev–Trinajstić information content (AvgIpc) is 2.77. The number of nitrogens with one attached hydrogen (secondary N) is 1. The highest BCUT2D eigenvalue weighted by atomic mass is 32.1. The molecule has 0 radical (unpaired) electrons. The zero-order chi connectivity index (χ0) is 11.3. The highest BCUT2D eigenvalue weighted by molar-refractivity contribution is 7.09. The van der Waals surface area contributed by atoms with Crippen molar-refractivity contribution in [1.29, 1.82) is 0 Å². The quantitative estimate of drug-likeness (QED) is 0.791. The molecule has 0 spiro atoms. The number of amides is 1. The Kier molecular flexibility index (Phi) is 4.71. The third-order valence-electron chi connectivity index (χ3n) is 2.23. The zero-order valence-electron chi connectivity index (χ0n) is 9.06. The van der Waals surface area contributed by atoms with E-state index in [4.69, 9.17) is 5.73 Å². The van der Waals surface area contributed by atoms with Crippen molar-refractivity contribution in [1.82, 2.24) is 10.3 Å². The number of carbonyl (C=O) groups is 1. The van der Waals surface area contributed by atoms with E-state index in [0.717, 1.165) is 5.01 Å². The van der Waals surface area contributed by atoms with Crippen molar-refractivity contribution in [2.45, 2.75) is 32.2 Å². The van der Waals surface area contributed by atoms with Crippen molar-refractivity contribution < 1.29 is 4.79 Å². The van der Waals surface area contributed by atoms with Crippen LogP contribution in [-0.2, 0) is 4.79 Å². The molecule has 15 heavy (non-hydrogen) atoms. The van der Waals surface area contributed by atoms with Crippen LogP contribution < -0.4 is 11.1 Å². The number of aromatic nitrogens is 1. The van der Waals surface area contributed by atoms with E-state index in [1.54, 1.807) is 17.5 Å². The Morgan fingerprint density at radius 1 is 1.73 bits per heavy atom. The molecule has 0 aliphatic rings. The van der Waals surface area contributed by atoms with E-state index in [-0.39, 0.29) is 11.8 Å². The van der Waals surface area contributed by atoms with Gasteiger partial charge in [0.15, 0.2) is 0 Å². The van der Waals surface area contributed by atoms with Crippen molar-refractivity contribution >= 4 is 17.2 Å². The van der Waals surface area contributed by atoms with Crippen LogP contribution in [0, 0.1) is 0 Å². The third-order valence-corrected chi connectivity index (χ3v) is 3.24. The Hall–Kier alpha value is -0.940. The van der Waals surface area contributed by atoms with Gasteiger partial charge in [-0.2, -0.15) is 0 Å². The Bertz CT molecular complexity index is 300. The maximum absolute atomic E-state index is 11.4. The number of hydrogen-bond acceptors (Lipinski definition) is 4. The van der Waals surface area contributed by atoms with Gasteiger partial charge in [-0.3, -0.25) is 4.79 Å². The third kappa shape index (κ3) is 3.60. The molecule has 3 N–H and O–H groups in total. The van der Waals surface area contributed by atoms with Gasteiger partial charge in [0.25, 0.3) is 0 Å². The number of carbonyl (C=O) groups excluding carboxylic acids is 1.